The molecule has 0 spiro atoms. The van der Waals surface area contributed by atoms with Gasteiger partial charge in [0.05, 0.1) is 13.0 Å². The zero-order chi connectivity index (χ0) is 44.9. The van der Waals surface area contributed by atoms with E-state index in [-0.39, 0.29) is 31.6 Å². The molecule has 0 rings (SSSR count). The SMILES string of the molecule is CC/C=C\C/C=C\C/C=C\C/C=C\C/C=C\CC(=O)OC(COCCC/C=C\C/C=C\C/C=C\C/C=C\CC)COC(=O)CCCCCCCCC/C=C\C/C=C\C/C=C\CC. The lowest BCUT2D eigenvalue weighted by Gasteiger charge is -2.18. The minimum Gasteiger partial charge on any atom is -0.462 e. The number of unbranched alkanes of at least 4 members (excludes halogenated alkanes) is 8. The topological polar surface area (TPSA) is 61.8 Å². The molecule has 0 aromatic carbocycles. The fraction of sp³-hybridized carbons (Fsp3) is 0.544. The zero-order valence-electron chi connectivity index (χ0n) is 39.6. The largest absolute Gasteiger partial charge is 0.462 e. The van der Waals surface area contributed by atoms with Crippen molar-refractivity contribution in [1.29, 1.82) is 0 Å². The molecule has 5 nitrogen and oxygen atoms in total. The number of hydrogen-bond donors (Lipinski definition) is 0. The third-order valence-corrected chi connectivity index (χ3v) is 9.38. The summed E-state index contributed by atoms with van der Waals surface area (Å²) in [6.45, 7) is 7.20. The highest BCUT2D eigenvalue weighted by Gasteiger charge is 2.17. The molecule has 0 aromatic rings. The molecule has 5 heteroatoms. The lowest BCUT2D eigenvalue weighted by molar-refractivity contribution is -0.162. The van der Waals surface area contributed by atoms with Crippen LogP contribution >= 0.6 is 0 Å². The maximum Gasteiger partial charge on any atom is 0.310 e. The molecule has 346 valence electrons. The van der Waals surface area contributed by atoms with Gasteiger partial charge in [0, 0.05) is 13.0 Å². The van der Waals surface area contributed by atoms with Gasteiger partial charge in [0.2, 0.25) is 0 Å². The molecule has 0 aromatic heterocycles. The van der Waals surface area contributed by atoms with Crippen molar-refractivity contribution < 1.29 is 23.8 Å². The molecule has 1 atom stereocenters. The Morgan fingerprint density at radius 3 is 1.16 bits per heavy atom. The molecule has 0 aliphatic heterocycles. The van der Waals surface area contributed by atoms with Gasteiger partial charge in [0.15, 0.2) is 6.10 Å². The summed E-state index contributed by atoms with van der Waals surface area (Å²) in [5, 5.41) is 0. The van der Waals surface area contributed by atoms with Crippen LogP contribution in [0.25, 0.3) is 0 Å². The summed E-state index contributed by atoms with van der Waals surface area (Å²) in [6.07, 6.45) is 74.6. The fourth-order valence-corrected chi connectivity index (χ4v) is 5.90. The van der Waals surface area contributed by atoms with Crippen LogP contribution in [0.2, 0.25) is 0 Å². The predicted octanol–water partition coefficient (Wildman–Crippen LogP) is 16.6. The second kappa shape index (κ2) is 51.1. The average molecular weight is 853 g/mol. The van der Waals surface area contributed by atoms with Gasteiger partial charge in [0.1, 0.15) is 6.61 Å². The van der Waals surface area contributed by atoms with Crippen LogP contribution in [-0.4, -0.2) is 37.9 Å². The van der Waals surface area contributed by atoms with Crippen LogP contribution in [-0.2, 0) is 23.8 Å². The third-order valence-electron chi connectivity index (χ3n) is 9.38. The fourth-order valence-electron chi connectivity index (χ4n) is 5.90. The minimum atomic E-state index is -0.633. The Kier molecular flexibility index (Phi) is 47.7. The molecule has 1 unspecified atom stereocenters. The highest BCUT2D eigenvalue weighted by Crippen LogP contribution is 2.11. The van der Waals surface area contributed by atoms with Crippen molar-refractivity contribution in [3.8, 4) is 0 Å². The number of hydrogen-bond acceptors (Lipinski definition) is 5. The molecule has 62 heavy (non-hydrogen) atoms. The lowest BCUT2D eigenvalue weighted by Crippen LogP contribution is -2.29. The van der Waals surface area contributed by atoms with E-state index in [9.17, 15) is 9.59 Å². The van der Waals surface area contributed by atoms with Crippen LogP contribution in [0.3, 0.4) is 0 Å². The molecule has 0 saturated heterocycles. The van der Waals surface area contributed by atoms with Gasteiger partial charge >= 0.3 is 11.9 Å². The first-order valence-electron chi connectivity index (χ1n) is 24.4. The first-order valence-corrected chi connectivity index (χ1v) is 24.4. The molecular weight excluding hydrogens is 765 g/mol. The van der Waals surface area contributed by atoms with Gasteiger partial charge in [-0.3, -0.25) is 9.59 Å². The van der Waals surface area contributed by atoms with E-state index in [4.69, 9.17) is 14.2 Å². The van der Waals surface area contributed by atoms with Crippen LogP contribution in [0.5, 0.6) is 0 Å². The summed E-state index contributed by atoms with van der Waals surface area (Å²) in [5.74, 6) is -0.600. The summed E-state index contributed by atoms with van der Waals surface area (Å²) >= 11 is 0. The Bertz CT molecular complexity index is 1380. The lowest BCUT2D eigenvalue weighted by atomic mass is 10.1. The maximum absolute atomic E-state index is 12.7. The van der Waals surface area contributed by atoms with Crippen molar-refractivity contribution in [2.45, 2.75) is 181 Å². The molecule has 0 heterocycles. The Morgan fingerprint density at radius 1 is 0.371 bits per heavy atom. The number of ether oxygens (including phenoxy) is 3. The number of rotatable bonds is 42. The van der Waals surface area contributed by atoms with E-state index in [1.807, 2.05) is 12.2 Å². The Morgan fingerprint density at radius 2 is 0.726 bits per heavy atom. The number of esters is 2. The van der Waals surface area contributed by atoms with E-state index in [0.717, 1.165) is 116 Å². The third kappa shape index (κ3) is 48.4. The van der Waals surface area contributed by atoms with Gasteiger partial charge in [0.25, 0.3) is 0 Å². The van der Waals surface area contributed by atoms with E-state index >= 15 is 0 Å². The summed E-state index contributed by atoms with van der Waals surface area (Å²) in [4.78, 5) is 25.3. The van der Waals surface area contributed by atoms with Crippen LogP contribution < -0.4 is 0 Å². The first-order chi connectivity index (χ1) is 30.6. The smallest absolute Gasteiger partial charge is 0.310 e. The number of carbonyl (C=O) groups is 2. The van der Waals surface area contributed by atoms with Gasteiger partial charge in [-0.1, -0.05) is 199 Å². The minimum absolute atomic E-state index is 0.00808. The molecule has 0 aliphatic rings. The second-order valence-electron chi connectivity index (χ2n) is 15.2. The monoisotopic (exact) mass is 853 g/mol. The van der Waals surface area contributed by atoms with E-state index < -0.39 is 6.10 Å². The average Bonchev–Trinajstić information content (AvgIpc) is 3.27. The molecule has 0 aliphatic carbocycles. The van der Waals surface area contributed by atoms with E-state index in [2.05, 4.69) is 154 Å². The van der Waals surface area contributed by atoms with E-state index in [1.54, 1.807) is 0 Å². The van der Waals surface area contributed by atoms with Crippen molar-refractivity contribution >= 4 is 11.9 Å². The molecule has 0 radical (unpaired) electrons. The quantitative estimate of drug-likeness (QED) is 0.0348. The van der Waals surface area contributed by atoms with Crippen molar-refractivity contribution in [2.75, 3.05) is 19.8 Å². The van der Waals surface area contributed by atoms with Crippen LogP contribution in [0.4, 0.5) is 0 Å². The van der Waals surface area contributed by atoms with Crippen molar-refractivity contribution in [3.05, 3.63) is 146 Å². The van der Waals surface area contributed by atoms with Gasteiger partial charge in [-0.05, 0) is 109 Å². The standard InChI is InChI=1S/C57H88O5/c1-4-7-10-13-16-19-22-25-28-29-31-32-35-38-41-44-47-50-56(58)61-54-55(53-60-52-49-46-43-40-37-34-27-24-21-18-15-12-9-6-3)62-57(59)51-48-45-42-39-36-33-30-26-23-20-17-14-11-8-5-2/h7-12,16-21,25-28,30,34,36,39-40,43,45,48,55H,4-6,13-15,22-24,29,31-33,35,37-38,41-42,44,46-47,49-54H2,1-3H3/b10-7-,11-8-,12-9-,19-16-,20-17-,21-18-,28-25-,30-26-,34-27-,39-36-,43-40-,48-45-. The van der Waals surface area contributed by atoms with Gasteiger partial charge in [-0.25, -0.2) is 0 Å². The normalized spacial score (nSPS) is 13.5. The van der Waals surface area contributed by atoms with E-state index in [0.29, 0.717) is 13.0 Å². The first kappa shape index (κ1) is 57.8. The molecule has 0 bridgehead atoms. The Hall–Kier alpha value is -4.22. The van der Waals surface area contributed by atoms with Crippen molar-refractivity contribution in [1.82, 2.24) is 0 Å². The van der Waals surface area contributed by atoms with Gasteiger partial charge < -0.3 is 14.2 Å². The predicted molar refractivity (Wildman–Crippen MR) is 269 cm³/mol. The highest BCUT2D eigenvalue weighted by atomic mass is 16.6. The van der Waals surface area contributed by atoms with Crippen LogP contribution in [0, 0.1) is 0 Å². The van der Waals surface area contributed by atoms with Gasteiger partial charge in [-0.2, -0.15) is 0 Å². The molecular formula is C57H88O5. The Balaban J connectivity index is 4.52. The molecule has 0 saturated carbocycles. The highest BCUT2D eigenvalue weighted by molar-refractivity contribution is 5.71. The van der Waals surface area contributed by atoms with Gasteiger partial charge in [-0.15, -0.1) is 0 Å². The number of carbonyl (C=O) groups excluding carboxylic acids is 2. The van der Waals surface area contributed by atoms with Crippen molar-refractivity contribution in [3.63, 3.8) is 0 Å². The molecule has 0 N–H and O–H groups in total. The molecule has 0 fully saturated rings. The summed E-state index contributed by atoms with van der Waals surface area (Å²) in [6, 6.07) is 0. The second-order valence-corrected chi connectivity index (χ2v) is 15.2. The Labute approximate surface area is 381 Å². The summed E-state index contributed by atoms with van der Waals surface area (Å²) in [5.41, 5.74) is 0. The maximum atomic E-state index is 12.7. The van der Waals surface area contributed by atoms with Crippen molar-refractivity contribution in [2.24, 2.45) is 0 Å². The summed E-state index contributed by atoms with van der Waals surface area (Å²) < 4.78 is 17.2. The zero-order valence-corrected chi connectivity index (χ0v) is 39.6. The van der Waals surface area contributed by atoms with E-state index in [1.165, 1.54) is 25.7 Å². The van der Waals surface area contributed by atoms with Crippen LogP contribution in [0.1, 0.15) is 175 Å². The molecule has 0 amide bonds. The van der Waals surface area contributed by atoms with Crippen LogP contribution in [0.15, 0.2) is 146 Å². The number of allylic oxidation sites excluding steroid dienone is 23. The summed E-state index contributed by atoms with van der Waals surface area (Å²) in [7, 11) is 0.